The van der Waals surface area contributed by atoms with Crippen LogP contribution in [0.25, 0.3) is 10.8 Å². The summed E-state index contributed by atoms with van der Waals surface area (Å²) in [5.74, 6) is -0.368. The molecule has 119 valence electrons. The Morgan fingerprint density at radius 3 is 2.70 bits per heavy atom. The van der Waals surface area contributed by atoms with Crippen LogP contribution in [0, 0.1) is 0 Å². The lowest BCUT2D eigenvalue weighted by molar-refractivity contribution is -0.212. The minimum absolute atomic E-state index is 0.000397. The number of alkyl halides is 1. The van der Waals surface area contributed by atoms with Crippen molar-refractivity contribution in [2.24, 2.45) is 0 Å². The second-order valence-electron chi connectivity index (χ2n) is 6.39. The maximum atomic E-state index is 12.4. The zero-order valence-electron chi connectivity index (χ0n) is 12.5. The molecule has 2 bridgehead atoms. The van der Waals surface area contributed by atoms with Gasteiger partial charge in [0.25, 0.3) is 0 Å². The number of piperidine rings is 1. The van der Waals surface area contributed by atoms with Crippen molar-refractivity contribution in [3.63, 3.8) is 0 Å². The first kappa shape index (κ1) is 14.9. The highest BCUT2D eigenvalue weighted by Crippen LogP contribution is 2.38. The summed E-state index contributed by atoms with van der Waals surface area (Å²) in [6, 6.07) is 13.0. The first-order valence-corrected chi connectivity index (χ1v) is 8.35. The SMILES string of the molecule is [O]N1[C@@H]2C[C@H](Cl)C[C@H]1[C@H](OC(=O)c1ccc3ccccc3c1)C2. The van der Waals surface area contributed by atoms with E-state index < -0.39 is 0 Å². The summed E-state index contributed by atoms with van der Waals surface area (Å²) in [5, 5.41) is 15.3. The fourth-order valence-corrected chi connectivity index (χ4v) is 4.11. The van der Waals surface area contributed by atoms with Crippen LogP contribution in [0.2, 0.25) is 0 Å². The Hall–Kier alpha value is -1.62. The Morgan fingerprint density at radius 2 is 1.87 bits per heavy atom. The van der Waals surface area contributed by atoms with E-state index >= 15 is 0 Å². The smallest absolute Gasteiger partial charge is 0.338 e. The van der Waals surface area contributed by atoms with Crippen LogP contribution in [-0.2, 0) is 9.94 Å². The van der Waals surface area contributed by atoms with Crippen LogP contribution in [0.15, 0.2) is 42.5 Å². The zero-order valence-corrected chi connectivity index (χ0v) is 13.3. The van der Waals surface area contributed by atoms with Gasteiger partial charge in [-0.2, -0.15) is 0 Å². The van der Waals surface area contributed by atoms with Gasteiger partial charge in [-0.25, -0.2) is 4.79 Å². The molecule has 0 saturated carbocycles. The molecular formula is C18H17ClNO3. The number of carbonyl (C=O) groups is 1. The van der Waals surface area contributed by atoms with Crippen molar-refractivity contribution in [3.8, 4) is 0 Å². The number of nitrogens with zero attached hydrogens (tertiary/aromatic N) is 1. The molecule has 4 nitrogen and oxygen atoms in total. The van der Waals surface area contributed by atoms with E-state index in [-0.39, 0.29) is 29.5 Å². The van der Waals surface area contributed by atoms with Gasteiger partial charge in [0.05, 0.1) is 11.6 Å². The normalized spacial score (nSPS) is 30.5. The molecule has 0 N–H and O–H groups in total. The van der Waals surface area contributed by atoms with Gasteiger partial charge in [-0.05, 0) is 35.7 Å². The van der Waals surface area contributed by atoms with E-state index in [4.69, 9.17) is 16.3 Å². The highest BCUT2D eigenvalue weighted by atomic mass is 35.5. The summed E-state index contributed by atoms with van der Waals surface area (Å²) < 4.78 is 5.64. The minimum Gasteiger partial charge on any atom is -0.457 e. The van der Waals surface area contributed by atoms with E-state index in [2.05, 4.69) is 0 Å². The molecule has 2 aromatic rings. The fraction of sp³-hybridized carbons (Fsp3) is 0.389. The molecule has 2 aromatic carbocycles. The minimum atomic E-state index is -0.368. The maximum absolute atomic E-state index is 12.4. The number of rotatable bonds is 2. The number of hydrogen-bond donors (Lipinski definition) is 0. The fourth-order valence-electron chi connectivity index (χ4n) is 3.72. The molecule has 0 unspecified atom stereocenters. The van der Waals surface area contributed by atoms with E-state index in [9.17, 15) is 10.0 Å². The lowest BCUT2D eigenvalue weighted by atomic mass is 10.0. The van der Waals surface area contributed by atoms with Crippen molar-refractivity contribution in [2.45, 2.75) is 42.8 Å². The lowest BCUT2D eigenvalue weighted by Gasteiger charge is -2.30. The van der Waals surface area contributed by atoms with Gasteiger partial charge in [0, 0.05) is 17.8 Å². The molecular weight excluding hydrogens is 314 g/mol. The predicted molar refractivity (Wildman–Crippen MR) is 86.7 cm³/mol. The number of carbonyl (C=O) groups excluding carboxylic acids is 1. The van der Waals surface area contributed by atoms with Gasteiger partial charge in [0.2, 0.25) is 0 Å². The molecule has 4 rings (SSSR count). The van der Waals surface area contributed by atoms with Crippen LogP contribution in [0.5, 0.6) is 0 Å². The van der Waals surface area contributed by atoms with Crippen molar-refractivity contribution in [2.75, 3.05) is 0 Å². The monoisotopic (exact) mass is 330 g/mol. The standard InChI is InChI=1S/C18H17ClNO3/c19-14-8-15-10-17(16(9-14)20(15)22)23-18(21)13-6-5-11-3-1-2-4-12(11)7-13/h1-7,14-17H,8-10H2/t14-,15+,16-,17+/m0/s1. The molecule has 2 aliphatic rings. The van der Waals surface area contributed by atoms with Gasteiger partial charge in [-0.1, -0.05) is 30.3 Å². The highest BCUT2D eigenvalue weighted by Gasteiger charge is 2.49. The van der Waals surface area contributed by atoms with E-state index in [0.29, 0.717) is 24.8 Å². The third kappa shape index (κ3) is 2.71. The Bertz CT molecular complexity index is 750. The predicted octanol–water partition coefficient (Wildman–Crippen LogP) is 3.55. The first-order chi connectivity index (χ1) is 11.1. The van der Waals surface area contributed by atoms with Gasteiger partial charge in [-0.15, -0.1) is 21.9 Å². The average molecular weight is 331 g/mol. The second kappa shape index (κ2) is 5.78. The number of ether oxygens (including phenoxy) is 1. The zero-order chi connectivity index (χ0) is 16.0. The molecule has 5 heteroatoms. The van der Waals surface area contributed by atoms with Gasteiger partial charge >= 0.3 is 5.97 Å². The number of fused-ring (bicyclic) bond motifs is 3. The topological polar surface area (TPSA) is 49.4 Å². The molecule has 23 heavy (non-hydrogen) atoms. The van der Waals surface area contributed by atoms with Crippen LogP contribution < -0.4 is 0 Å². The number of hydrogen-bond acceptors (Lipinski definition) is 3. The molecule has 2 saturated heterocycles. The number of halogens is 1. The lowest BCUT2D eigenvalue weighted by Crippen LogP contribution is -2.43. The van der Waals surface area contributed by atoms with Crippen LogP contribution in [0.4, 0.5) is 0 Å². The Balaban J connectivity index is 1.53. The summed E-state index contributed by atoms with van der Waals surface area (Å²) in [6.45, 7) is 0. The third-order valence-corrected chi connectivity index (χ3v) is 5.25. The summed E-state index contributed by atoms with van der Waals surface area (Å²) in [5.41, 5.74) is 0.519. The summed E-state index contributed by atoms with van der Waals surface area (Å²) in [6.07, 6.45) is 1.47. The van der Waals surface area contributed by atoms with Crippen LogP contribution in [0.3, 0.4) is 0 Å². The quantitative estimate of drug-likeness (QED) is 0.625. The van der Waals surface area contributed by atoms with Crippen LogP contribution >= 0.6 is 11.6 Å². The molecule has 4 atom stereocenters. The van der Waals surface area contributed by atoms with Crippen molar-refractivity contribution in [1.29, 1.82) is 0 Å². The first-order valence-electron chi connectivity index (χ1n) is 7.91. The Kier molecular flexibility index (Phi) is 3.76. The summed E-state index contributed by atoms with van der Waals surface area (Å²) in [7, 11) is 0. The van der Waals surface area contributed by atoms with E-state index in [1.54, 1.807) is 6.07 Å². The molecule has 0 aromatic heterocycles. The molecule has 2 fully saturated rings. The molecule has 2 aliphatic heterocycles. The van der Waals surface area contributed by atoms with Gasteiger partial charge in [0.1, 0.15) is 6.10 Å². The molecule has 2 heterocycles. The van der Waals surface area contributed by atoms with Crippen molar-refractivity contribution >= 4 is 28.3 Å². The molecule has 0 amide bonds. The summed E-state index contributed by atoms with van der Waals surface area (Å²) in [4.78, 5) is 12.4. The van der Waals surface area contributed by atoms with E-state index in [1.807, 2.05) is 36.4 Å². The molecule has 0 aliphatic carbocycles. The van der Waals surface area contributed by atoms with Gasteiger partial charge in [0.15, 0.2) is 0 Å². The van der Waals surface area contributed by atoms with Crippen LogP contribution in [0.1, 0.15) is 29.6 Å². The number of esters is 1. The third-order valence-electron chi connectivity index (χ3n) is 4.89. The maximum Gasteiger partial charge on any atom is 0.338 e. The number of benzene rings is 2. The van der Waals surface area contributed by atoms with E-state index in [1.165, 1.54) is 0 Å². The second-order valence-corrected chi connectivity index (χ2v) is 7.01. The largest absolute Gasteiger partial charge is 0.457 e. The summed E-state index contributed by atoms with van der Waals surface area (Å²) >= 11 is 6.19. The van der Waals surface area contributed by atoms with Gasteiger partial charge < -0.3 is 4.74 Å². The average Bonchev–Trinajstić information content (AvgIpc) is 2.73. The van der Waals surface area contributed by atoms with Crippen LogP contribution in [-0.4, -0.2) is 34.6 Å². The van der Waals surface area contributed by atoms with Crippen molar-refractivity contribution in [1.82, 2.24) is 5.06 Å². The highest BCUT2D eigenvalue weighted by molar-refractivity contribution is 6.20. The van der Waals surface area contributed by atoms with E-state index in [0.717, 1.165) is 15.8 Å². The number of hydroxylamine groups is 2. The van der Waals surface area contributed by atoms with Gasteiger partial charge in [-0.3, -0.25) is 0 Å². The Morgan fingerprint density at radius 1 is 1.09 bits per heavy atom. The molecule has 0 spiro atoms. The van der Waals surface area contributed by atoms with Crippen molar-refractivity contribution < 1.29 is 14.7 Å². The molecule has 1 radical (unpaired) electrons. The van der Waals surface area contributed by atoms with Crippen molar-refractivity contribution in [3.05, 3.63) is 48.0 Å². The Labute approximate surface area is 139 Å².